The van der Waals surface area contributed by atoms with Crippen LogP contribution in [0, 0.1) is 0 Å². The normalized spacial score (nSPS) is 23.7. The minimum atomic E-state index is 0.00316. The van der Waals surface area contributed by atoms with E-state index in [4.69, 9.17) is 0 Å². The molecule has 1 saturated heterocycles. The van der Waals surface area contributed by atoms with Crippen molar-refractivity contribution >= 4 is 23.5 Å². The van der Waals surface area contributed by atoms with E-state index in [1.54, 1.807) is 0 Å². The van der Waals surface area contributed by atoms with E-state index in [0.717, 1.165) is 18.8 Å². The van der Waals surface area contributed by atoms with Crippen LogP contribution in [0.5, 0.6) is 0 Å². The number of urea groups is 1. The van der Waals surface area contributed by atoms with Crippen molar-refractivity contribution in [3.8, 4) is 0 Å². The van der Waals surface area contributed by atoms with Crippen molar-refractivity contribution in [2.75, 3.05) is 25.5 Å². The maximum Gasteiger partial charge on any atom is 0.321 e. The molecule has 1 aromatic carbocycles. The number of carbonyl (C=O) groups excluding carboxylic acids is 1. The van der Waals surface area contributed by atoms with Gasteiger partial charge in [0.15, 0.2) is 0 Å². The van der Waals surface area contributed by atoms with E-state index in [1.807, 2.05) is 48.0 Å². The highest BCUT2D eigenvalue weighted by atomic mass is 32.2. The predicted molar refractivity (Wildman–Crippen MR) is 91.0 cm³/mol. The minimum absolute atomic E-state index is 0.00316. The van der Waals surface area contributed by atoms with Crippen molar-refractivity contribution in [1.82, 2.24) is 10.2 Å². The smallest absolute Gasteiger partial charge is 0.321 e. The molecule has 116 valence electrons. The van der Waals surface area contributed by atoms with Crippen LogP contribution in [0.25, 0.3) is 0 Å². The van der Waals surface area contributed by atoms with Gasteiger partial charge in [0, 0.05) is 35.3 Å². The van der Waals surface area contributed by atoms with Crippen molar-refractivity contribution in [2.24, 2.45) is 0 Å². The van der Waals surface area contributed by atoms with Gasteiger partial charge < -0.3 is 15.5 Å². The van der Waals surface area contributed by atoms with Crippen LogP contribution in [-0.4, -0.2) is 41.6 Å². The summed E-state index contributed by atoms with van der Waals surface area (Å²) in [6.45, 7) is 8.09. The summed E-state index contributed by atoms with van der Waals surface area (Å²) in [5, 5.41) is 7.20. The van der Waals surface area contributed by atoms with Gasteiger partial charge >= 0.3 is 6.03 Å². The van der Waals surface area contributed by atoms with E-state index in [2.05, 4.69) is 31.4 Å². The van der Waals surface area contributed by atoms with Crippen LogP contribution in [0.15, 0.2) is 24.3 Å². The van der Waals surface area contributed by atoms with E-state index in [-0.39, 0.29) is 6.03 Å². The van der Waals surface area contributed by atoms with Crippen LogP contribution >= 0.6 is 11.8 Å². The van der Waals surface area contributed by atoms with Gasteiger partial charge in [-0.1, -0.05) is 26.0 Å². The zero-order chi connectivity index (χ0) is 15.4. The number of anilines is 1. The molecule has 1 heterocycles. The molecule has 0 spiro atoms. The van der Waals surface area contributed by atoms with Crippen LogP contribution in [-0.2, 0) is 0 Å². The van der Waals surface area contributed by atoms with Gasteiger partial charge in [0.2, 0.25) is 0 Å². The Kier molecular flexibility index (Phi) is 5.53. The number of amides is 2. The molecule has 2 amide bonds. The quantitative estimate of drug-likeness (QED) is 0.900. The Labute approximate surface area is 131 Å². The summed E-state index contributed by atoms with van der Waals surface area (Å²) in [5.74, 6) is 0. The Hall–Kier alpha value is -1.20. The average molecular weight is 307 g/mol. The lowest BCUT2D eigenvalue weighted by Gasteiger charge is -2.34. The van der Waals surface area contributed by atoms with Crippen LogP contribution in [0.3, 0.4) is 0 Å². The lowest BCUT2D eigenvalue weighted by Crippen LogP contribution is -2.45. The van der Waals surface area contributed by atoms with Crippen molar-refractivity contribution in [2.45, 2.75) is 37.3 Å². The number of rotatable bonds is 3. The second-order valence-electron chi connectivity index (χ2n) is 5.72. The summed E-state index contributed by atoms with van der Waals surface area (Å²) < 4.78 is 0. The fourth-order valence-electron chi connectivity index (χ4n) is 2.57. The van der Waals surface area contributed by atoms with Gasteiger partial charge in [-0.25, -0.2) is 4.79 Å². The highest BCUT2D eigenvalue weighted by Crippen LogP contribution is 2.25. The zero-order valence-electron chi connectivity index (χ0n) is 13.2. The molecule has 2 N–H and O–H groups in total. The molecule has 1 aromatic rings. The molecule has 3 unspecified atom stereocenters. The first-order valence-corrected chi connectivity index (χ1v) is 8.42. The molecule has 4 nitrogen and oxygen atoms in total. The van der Waals surface area contributed by atoms with Crippen LogP contribution in [0.4, 0.5) is 10.5 Å². The standard InChI is InChI=1S/C16H25N3OS/c1-11-9-19(10-12(2)21-11)16(20)18-15-7-5-14(6-8-15)13(3)17-4/h5-8,11-13,17H,9-10H2,1-4H3,(H,18,20). The second kappa shape index (κ2) is 7.18. The third-order valence-electron chi connectivity index (χ3n) is 3.80. The summed E-state index contributed by atoms with van der Waals surface area (Å²) in [6, 6.07) is 8.35. The van der Waals surface area contributed by atoms with E-state index < -0.39 is 0 Å². The van der Waals surface area contributed by atoms with E-state index in [0.29, 0.717) is 16.5 Å². The van der Waals surface area contributed by atoms with Crippen molar-refractivity contribution in [3.63, 3.8) is 0 Å². The Morgan fingerprint density at radius 1 is 1.24 bits per heavy atom. The summed E-state index contributed by atoms with van der Waals surface area (Å²) in [7, 11) is 1.94. The van der Waals surface area contributed by atoms with E-state index >= 15 is 0 Å². The third-order valence-corrected chi connectivity index (χ3v) is 5.03. The van der Waals surface area contributed by atoms with Crippen LogP contribution < -0.4 is 10.6 Å². The topological polar surface area (TPSA) is 44.4 Å². The first-order valence-electron chi connectivity index (χ1n) is 7.48. The molecule has 0 radical (unpaired) electrons. The number of nitrogens with zero attached hydrogens (tertiary/aromatic N) is 1. The van der Waals surface area contributed by atoms with Gasteiger partial charge in [-0.15, -0.1) is 0 Å². The first kappa shape index (κ1) is 16.2. The summed E-state index contributed by atoms with van der Waals surface area (Å²) in [4.78, 5) is 14.2. The highest BCUT2D eigenvalue weighted by molar-refractivity contribution is 8.00. The fraction of sp³-hybridized carbons (Fsp3) is 0.562. The summed E-state index contributed by atoms with van der Waals surface area (Å²) in [6.07, 6.45) is 0. The summed E-state index contributed by atoms with van der Waals surface area (Å²) in [5.41, 5.74) is 2.07. The predicted octanol–water partition coefficient (Wildman–Crippen LogP) is 3.32. The molecule has 0 aromatic heterocycles. The number of benzene rings is 1. The van der Waals surface area contributed by atoms with E-state index in [1.165, 1.54) is 5.56 Å². The van der Waals surface area contributed by atoms with Gasteiger partial charge in [-0.3, -0.25) is 0 Å². The zero-order valence-corrected chi connectivity index (χ0v) is 14.0. The molecule has 0 saturated carbocycles. The molecule has 1 aliphatic rings. The monoisotopic (exact) mass is 307 g/mol. The fourth-order valence-corrected chi connectivity index (χ4v) is 3.89. The van der Waals surface area contributed by atoms with Crippen molar-refractivity contribution in [3.05, 3.63) is 29.8 Å². The van der Waals surface area contributed by atoms with Crippen molar-refractivity contribution < 1.29 is 4.79 Å². The molecule has 5 heteroatoms. The molecule has 1 fully saturated rings. The van der Waals surface area contributed by atoms with Gasteiger partial charge in [0.1, 0.15) is 0 Å². The van der Waals surface area contributed by atoms with Gasteiger partial charge in [0.05, 0.1) is 0 Å². The SMILES string of the molecule is CNC(C)c1ccc(NC(=O)N2CC(C)SC(C)C2)cc1. The second-order valence-corrected chi connectivity index (χ2v) is 7.61. The Bertz CT molecular complexity index is 467. The average Bonchev–Trinajstić information content (AvgIpc) is 2.46. The minimum Gasteiger partial charge on any atom is -0.322 e. The number of hydrogen-bond donors (Lipinski definition) is 2. The Morgan fingerprint density at radius 3 is 2.33 bits per heavy atom. The number of thioether (sulfide) groups is 1. The molecule has 3 atom stereocenters. The maximum absolute atomic E-state index is 12.3. The number of carbonyl (C=O) groups is 1. The maximum atomic E-state index is 12.3. The first-order chi connectivity index (χ1) is 9.99. The third kappa shape index (κ3) is 4.38. The van der Waals surface area contributed by atoms with Gasteiger partial charge in [-0.2, -0.15) is 11.8 Å². The molecular formula is C16H25N3OS. The highest BCUT2D eigenvalue weighted by Gasteiger charge is 2.25. The van der Waals surface area contributed by atoms with Gasteiger partial charge in [-0.05, 0) is 31.7 Å². The molecular weight excluding hydrogens is 282 g/mol. The van der Waals surface area contributed by atoms with Gasteiger partial charge in [0.25, 0.3) is 0 Å². The van der Waals surface area contributed by atoms with Crippen LogP contribution in [0.2, 0.25) is 0 Å². The van der Waals surface area contributed by atoms with Crippen LogP contribution in [0.1, 0.15) is 32.4 Å². The van der Waals surface area contributed by atoms with E-state index in [9.17, 15) is 4.79 Å². The molecule has 0 aliphatic carbocycles. The lowest BCUT2D eigenvalue weighted by atomic mass is 10.1. The molecule has 0 bridgehead atoms. The molecule has 2 rings (SSSR count). The molecule has 1 aliphatic heterocycles. The number of hydrogen-bond acceptors (Lipinski definition) is 3. The largest absolute Gasteiger partial charge is 0.322 e. The number of nitrogens with one attached hydrogen (secondary N) is 2. The Morgan fingerprint density at radius 2 is 1.81 bits per heavy atom. The summed E-state index contributed by atoms with van der Waals surface area (Å²) >= 11 is 1.95. The lowest BCUT2D eigenvalue weighted by molar-refractivity contribution is 0.211. The Balaban J connectivity index is 1.96. The molecule has 21 heavy (non-hydrogen) atoms. The van der Waals surface area contributed by atoms with Crippen molar-refractivity contribution in [1.29, 1.82) is 0 Å².